The van der Waals surface area contributed by atoms with Gasteiger partial charge >= 0.3 is 0 Å². The van der Waals surface area contributed by atoms with Gasteiger partial charge in [-0.15, -0.1) is 0 Å². The third-order valence-electron chi connectivity index (χ3n) is 3.10. The molecule has 2 rings (SSSR count). The first-order chi connectivity index (χ1) is 7.83. The lowest BCUT2D eigenvalue weighted by atomic mass is 10.1. The average molecular weight is 222 g/mol. The normalized spacial score (nSPS) is 20.1. The van der Waals surface area contributed by atoms with Crippen molar-refractivity contribution in [3.05, 3.63) is 18.3 Å². The smallest absolute Gasteiger partial charge is 0.137 e. The average Bonchev–Trinajstić information content (AvgIpc) is 2.78. The van der Waals surface area contributed by atoms with Crippen molar-refractivity contribution < 1.29 is 9.84 Å². The summed E-state index contributed by atoms with van der Waals surface area (Å²) in [6.07, 6.45) is 3.79. The second kappa shape index (κ2) is 5.16. The first-order valence-electron chi connectivity index (χ1n) is 5.69. The highest BCUT2D eigenvalue weighted by Crippen LogP contribution is 2.24. The van der Waals surface area contributed by atoms with Crippen LogP contribution in [-0.4, -0.2) is 36.9 Å². The number of rotatable bonds is 4. The van der Waals surface area contributed by atoms with E-state index in [1.54, 1.807) is 13.3 Å². The molecule has 0 aliphatic carbocycles. The third kappa shape index (κ3) is 2.44. The maximum absolute atomic E-state index is 8.90. The first kappa shape index (κ1) is 11.2. The Hall–Kier alpha value is -1.29. The van der Waals surface area contributed by atoms with Crippen LogP contribution in [0.2, 0.25) is 0 Å². The second-order valence-electron chi connectivity index (χ2n) is 4.17. The van der Waals surface area contributed by atoms with Gasteiger partial charge in [0, 0.05) is 19.7 Å². The number of methoxy groups -OCH3 is 1. The number of aromatic nitrogens is 1. The fourth-order valence-corrected chi connectivity index (χ4v) is 2.14. The minimum Gasteiger partial charge on any atom is -0.495 e. The molecule has 4 heteroatoms. The summed E-state index contributed by atoms with van der Waals surface area (Å²) >= 11 is 0. The van der Waals surface area contributed by atoms with Crippen LogP contribution in [0.5, 0.6) is 5.75 Å². The van der Waals surface area contributed by atoms with Crippen molar-refractivity contribution >= 4 is 5.82 Å². The van der Waals surface area contributed by atoms with Crippen LogP contribution in [0.1, 0.15) is 12.8 Å². The summed E-state index contributed by atoms with van der Waals surface area (Å²) in [6, 6.07) is 3.92. The van der Waals surface area contributed by atoms with Gasteiger partial charge in [0.2, 0.25) is 0 Å². The predicted molar refractivity (Wildman–Crippen MR) is 62.8 cm³/mol. The topological polar surface area (TPSA) is 45.6 Å². The summed E-state index contributed by atoms with van der Waals surface area (Å²) in [5.74, 6) is 2.39. The molecule has 1 aromatic rings. The lowest BCUT2D eigenvalue weighted by molar-refractivity contribution is 0.263. The van der Waals surface area contributed by atoms with E-state index in [4.69, 9.17) is 9.84 Å². The van der Waals surface area contributed by atoms with E-state index in [0.29, 0.717) is 5.92 Å². The largest absolute Gasteiger partial charge is 0.495 e. The molecule has 16 heavy (non-hydrogen) atoms. The lowest BCUT2D eigenvalue weighted by Gasteiger charge is -2.17. The molecule has 88 valence electrons. The summed E-state index contributed by atoms with van der Waals surface area (Å²) in [7, 11) is 1.64. The van der Waals surface area contributed by atoms with E-state index in [2.05, 4.69) is 9.88 Å². The third-order valence-corrected chi connectivity index (χ3v) is 3.10. The van der Waals surface area contributed by atoms with Gasteiger partial charge in [-0.2, -0.15) is 0 Å². The number of pyridine rings is 1. The molecular formula is C12H18N2O2. The van der Waals surface area contributed by atoms with Crippen LogP contribution < -0.4 is 9.64 Å². The molecule has 0 amide bonds. The monoisotopic (exact) mass is 222 g/mol. The Labute approximate surface area is 95.9 Å². The van der Waals surface area contributed by atoms with Crippen LogP contribution >= 0.6 is 0 Å². The van der Waals surface area contributed by atoms with Crippen molar-refractivity contribution in [3.8, 4) is 5.75 Å². The molecule has 1 N–H and O–H groups in total. The molecule has 1 fully saturated rings. The van der Waals surface area contributed by atoms with Crippen molar-refractivity contribution in [2.45, 2.75) is 12.8 Å². The highest BCUT2D eigenvalue weighted by Gasteiger charge is 2.22. The van der Waals surface area contributed by atoms with Gasteiger partial charge < -0.3 is 14.7 Å². The SMILES string of the molecule is COc1ccc(N2CCC(CCO)C2)nc1. The zero-order valence-electron chi connectivity index (χ0n) is 9.59. The summed E-state index contributed by atoms with van der Waals surface area (Å²) in [5.41, 5.74) is 0. The Bertz CT molecular complexity index is 326. The number of aliphatic hydroxyl groups excluding tert-OH is 1. The predicted octanol–water partition coefficient (Wildman–Crippen LogP) is 1.30. The molecule has 1 atom stereocenters. The van der Waals surface area contributed by atoms with E-state index in [1.165, 1.54) is 0 Å². The number of ether oxygens (including phenoxy) is 1. The molecular weight excluding hydrogens is 204 g/mol. The lowest BCUT2D eigenvalue weighted by Crippen LogP contribution is -2.20. The quantitative estimate of drug-likeness (QED) is 0.834. The Balaban J connectivity index is 1.97. The zero-order chi connectivity index (χ0) is 11.4. The summed E-state index contributed by atoms with van der Waals surface area (Å²) in [4.78, 5) is 6.63. The van der Waals surface area contributed by atoms with Gasteiger partial charge in [0.1, 0.15) is 11.6 Å². The Kier molecular flexibility index (Phi) is 3.62. The van der Waals surface area contributed by atoms with E-state index in [1.807, 2.05) is 12.1 Å². The highest BCUT2D eigenvalue weighted by atomic mass is 16.5. The molecule has 4 nitrogen and oxygen atoms in total. The van der Waals surface area contributed by atoms with Crippen LogP contribution in [0.25, 0.3) is 0 Å². The van der Waals surface area contributed by atoms with Crippen LogP contribution in [0.4, 0.5) is 5.82 Å². The van der Waals surface area contributed by atoms with E-state index in [9.17, 15) is 0 Å². The van der Waals surface area contributed by atoms with Gasteiger partial charge in [-0.05, 0) is 30.9 Å². The first-order valence-corrected chi connectivity index (χ1v) is 5.69. The molecule has 1 saturated heterocycles. The fraction of sp³-hybridized carbons (Fsp3) is 0.583. The molecule has 1 aliphatic rings. The van der Waals surface area contributed by atoms with E-state index < -0.39 is 0 Å². The van der Waals surface area contributed by atoms with Gasteiger partial charge in [-0.25, -0.2) is 4.98 Å². The zero-order valence-corrected chi connectivity index (χ0v) is 9.59. The molecule has 1 unspecified atom stereocenters. The Morgan fingerprint density at radius 3 is 3.06 bits per heavy atom. The molecule has 0 aromatic carbocycles. The van der Waals surface area contributed by atoms with Crippen LogP contribution in [0.3, 0.4) is 0 Å². The van der Waals surface area contributed by atoms with Crippen LogP contribution in [0.15, 0.2) is 18.3 Å². The number of hydrogen-bond donors (Lipinski definition) is 1. The van der Waals surface area contributed by atoms with E-state index in [0.717, 1.165) is 37.5 Å². The van der Waals surface area contributed by atoms with Gasteiger partial charge in [0.15, 0.2) is 0 Å². The summed E-state index contributed by atoms with van der Waals surface area (Å²) in [5, 5.41) is 8.90. The molecule has 0 bridgehead atoms. The number of aliphatic hydroxyl groups is 1. The van der Waals surface area contributed by atoms with Crippen molar-refractivity contribution in [1.82, 2.24) is 4.98 Å². The van der Waals surface area contributed by atoms with Crippen molar-refractivity contribution in [3.63, 3.8) is 0 Å². The number of anilines is 1. The van der Waals surface area contributed by atoms with Gasteiger partial charge in [-0.3, -0.25) is 0 Å². The summed E-state index contributed by atoms with van der Waals surface area (Å²) < 4.78 is 5.08. The minimum atomic E-state index is 0.286. The van der Waals surface area contributed by atoms with Gasteiger partial charge in [-0.1, -0.05) is 0 Å². The summed E-state index contributed by atoms with van der Waals surface area (Å²) in [6.45, 7) is 2.32. The van der Waals surface area contributed by atoms with Crippen molar-refractivity contribution in [2.75, 3.05) is 31.7 Å². The Morgan fingerprint density at radius 1 is 1.56 bits per heavy atom. The molecule has 1 aliphatic heterocycles. The Morgan fingerprint density at radius 2 is 2.44 bits per heavy atom. The maximum Gasteiger partial charge on any atom is 0.137 e. The fourth-order valence-electron chi connectivity index (χ4n) is 2.14. The maximum atomic E-state index is 8.90. The second-order valence-corrected chi connectivity index (χ2v) is 4.17. The molecule has 0 saturated carbocycles. The van der Waals surface area contributed by atoms with Crippen molar-refractivity contribution in [2.24, 2.45) is 5.92 Å². The van der Waals surface area contributed by atoms with Gasteiger partial charge in [0.25, 0.3) is 0 Å². The molecule has 1 aromatic heterocycles. The number of nitrogens with zero attached hydrogens (tertiary/aromatic N) is 2. The highest BCUT2D eigenvalue weighted by molar-refractivity contribution is 5.41. The van der Waals surface area contributed by atoms with Crippen LogP contribution in [-0.2, 0) is 0 Å². The minimum absolute atomic E-state index is 0.286. The van der Waals surface area contributed by atoms with Gasteiger partial charge in [0.05, 0.1) is 13.3 Å². The molecule has 0 radical (unpaired) electrons. The standard InChI is InChI=1S/C12H18N2O2/c1-16-11-2-3-12(13-8-11)14-6-4-10(9-14)5-7-15/h2-3,8,10,15H,4-7,9H2,1H3. The van der Waals surface area contributed by atoms with Crippen LogP contribution in [0, 0.1) is 5.92 Å². The van der Waals surface area contributed by atoms with E-state index in [-0.39, 0.29) is 6.61 Å². The van der Waals surface area contributed by atoms with Crippen molar-refractivity contribution in [1.29, 1.82) is 0 Å². The number of hydrogen-bond acceptors (Lipinski definition) is 4. The molecule has 2 heterocycles. The molecule has 0 spiro atoms. The van der Waals surface area contributed by atoms with E-state index >= 15 is 0 Å².